The highest BCUT2D eigenvalue weighted by molar-refractivity contribution is 7.93. The van der Waals surface area contributed by atoms with E-state index in [1.54, 1.807) is 24.3 Å². The molecule has 2 aromatic rings. The average Bonchev–Trinajstić information content (AvgIpc) is 2.49. The molecule has 0 fully saturated rings. The van der Waals surface area contributed by atoms with Gasteiger partial charge in [0.05, 0.1) is 18.5 Å². The van der Waals surface area contributed by atoms with Crippen LogP contribution in [0.25, 0.3) is 0 Å². The van der Waals surface area contributed by atoms with E-state index in [9.17, 15) is 12.8 Å². The van der Waals surface area contributed by atoms with Gasteiger partial charge in [-0.15, -0.1) is 0 Å². The number of methoxy groups -OCH3 is 1. The Bertz CT molecular complexity index is 745. The van der Waals surface area contributed by atoms with E-state index in [2.05, 4.69) is 0 Å². The van der Waals surface area contributed by atoms with E-state index in [1.165, 1.54) is 26.3 Å². The maximum atomic E-state index is 13.4. The fourth-order valence-corrected chi connectivity index (χ4v) is 3.14. The van der Waals surface area contributed by atoms with Gasteiger partial charge in [-0.25, -0.2) is 12.8 Å². The van der Waals surface area contributed by atoms with Crippen molar-refractivity contribution in [2.75, 3.05) is 24.2 Å². The maximum Gasteiger partial charge on any atom is 0.266 e. The highest BCUT2D eigenvalue weighted by Gasteiger charge is 2.25. The maximum absolute atomic E-state index is 13.4. The van der Waals surface area contributed by atoms with Crippen molar-refractivity contribution in [2.45, 2.75) is 4.90 Å². The van der Waals surface area contributed by atoms with Gasteiger partial charge in [-0.1, -0.05) is 6.07 Å². The normalized spacial score (nSPS) is 11.2. The summed E-state index contributed by atoms with van der Waals surface area (Å²) in [5.74, 6) is -0.158. The van der Waals surface area contributed by atoms with E-state index in [0.717, 1.165) is 10.4 Å². The van der Waals surface area contributed by atoms with Crippen molar-refractivity contribution in [3.63, 3.8) is 0 Å². The molecule has 2 aromatic carbocycles. The van der Waals surface area contributed by atoms with Crippen molar-refractivity contribution >= 4 is 21.4 Å². The average molecular weight is 310 g/mol. The number of hydrogen-bond acceptors (Lipinski definition) is 4. The summed E-state index contributed by atoms with van der Waals surface area (Å²) in [5, 5.41) is 0. The first-order chi connectivity index (χ1) is 9.87. The van der Waals surface area contributed by atoms with Gasteiger partial charge in [0.2, 0.25) is 0 Å². The second-order valence-electron chi connectivity index (χ2n) is 4.32. The predicted molar refractivity (Wildman–Crippen MR) is 79.4 cm³/mol. The molecule has 112 valence electrons. The van der Waals surface area contributed by atoms with Gasteiger partial charge in [0.15, 0.2) is 0 Å². The molecule has 2 N–H and O–H groups in total. The standard InChI is InChI=1S/C14H15FN2O3S/c1-17(10-6-8-11(20-2)9-7-10)21(18,19)13-5-3-4-12(15)14(13)16/h3-9H,16H2,1-2H3. The lowest BCUT2D eigenvalue weighted by atomic mass is 10.3. The summed E-state index contributed by atoms with van der Waals surface area (Å²) in [6.07, 6.45) is 0. The van der Waals surface area contributed by atoms with Crippen molar-refractivity contribution in [1.82, 2.24) is 0 Å². The van der Waals surface area contributed by atoms with Gasteiger partial charge in [-0.05, 0) is 36.4 Å². The van der Waals surface area contributed by atoms with E-state index in [-0.39, 0.29) is 4.90 Å². The van der Waals surface area contributed by atoms with Gasteiger partial charge in [-0.3, -0.25) is 4.31 Å². The third-order valence-electron chi connectivity index (χ3n) is 3.09. The summed E-state index contributed by atoms with van der Waals surface area (Å²) in [6.45, 7) is 0. The fourth-order valence-electron chi connectivity index (χ4n) is 1.82. The van der Waals surface area contributed by atoms with E-state index in [1.807, 2.05) is 0 Å². The van der Waals surface area contributed by atoms with E-state index in [4.69, 9.17) is 10.5 Å². The van der Waals surface area contributed by atoms with Crippen LogP contribution in [-0.4, -0.2) is 22.6 Å². The Kier molecular flexibility index (Phi) is 4.04. The molecule has 0 aliphatic rings. The summed E-state index contributed by atoms with van der Waals surface area (Å²) >= 11 is 0. The third-order valence-corrected chi connectivity index (χ3v) is 4.93. The fraction of sp³-hybridized carbons (Fsp3) is 0.143. The summed E-state index contributed by atoms with van der Waals surface area (Å²) in [6, 6.07) is 10.1. The first kappa shape index (κ1) is 15.1. The van der Waals surface area contributed by atoms with E-state index >= 15 is 0 Å². The number of sulfonamides is 1. The first-order valence-electron chi connectivity index (χ1n) is 6.05. The van der Waals surface area contributed by atoms with Crippen LogP contribution in [0.1, 0.15) is 0 Å². The molecule has 0 aromatic heterocycles. The third kappa shape index (κ3) is 2.78. The van der Waals surface area contributed by atoms with Crippen molar-refractivity contribution < 1.29 is 17.5 Å². The summed E-state index contributed by atoms with van der Waals surface area (Å²) in [5.41, 5.74) is 5.55. The zero-order chi connectivity index (χ0) is 15.6. The van der Waals surface area contributed by atoms with Crippen LogP contribution in [0.2, 0.25) is 0 Å². The minimum atomic E-state index is -3.94. The monoisotopic (exact) mass is 310 g/mol. The zero-order valence-electron chi connectivity index (χ0n) is 11.6. The van der Waals surface area contributed by atoms with Crippen molar-refractivity contribution in [1.29, 1.82) is 0 Å². The van der Waals surface area contributed by atoms with Crippen LogP contribution in [0.4, 0.5) is 15.8 Å². The lowest BCUT2D eigenvalue weighted by molar-refractivity contribution is 0.415. The molecule has 5 nitrogen and oxygen atoms in total. The smallest absolute Gasteiger partial charge is 0.266 e. The van der Waals surface area contributed by atoms with Gasteiger partial charge >= 0.3 is 0 Å². The number of rotatable bonds is 4. The van der Waals surface area contributed by atoms with Crippen LogP contribution in [0.3, 0.4) is 0 Å². The Balaban J connectivity index is 2.44. The molecule has 0 bridgehead atoms. The molecule has 0 aliphatic heterocycles. The van der Waals surface area contributed by atoms with Crippen molar-refractivity contribution in [2.24, 2.45) is 0 Å². The zero-order valence-corrected chi connectivity index (χ0v) is 12.4. The van der Waals surface area contributed by atoms with Gasteiger partial charge in [0.1, 0.15) is 16.5 Å². The van der Waals surface area contributed by atoms with Crippen LogP contribution in [0.15, 0.2) is 47.4 Å². The summed E-state index contributed by atoms with van der Waals surface area (Å²) in [7, 11) is -1.04. The van der Waals surface area contributed by atoms with Gasteiger partial charge in [0.25, 0.3) is 10.0 Å². The quantitative estimate of drug-likeness (QED) is 0.879. The molecule has 0 saturated carbocycles. The second kappa shape index (κ2) is 5.61. The Hall–Kier alpha value is -2.28. The minimum Gasteiger partial charge on any atom is -0.497 e. The van der Waals surface area contributed by atoms with Crippen molar-refractivity contribution in [3.05, 3.63) is 48.3 Å². The molecule has 7 heteroatoms. The molecule has 0 heterocycles. The molecule has 0 spiro atoms. The highest BCUT2D eigenvalue weighted by atomic mass is 32.2. The lowest BCUT2D eigenvalue weighted by Crippen LogP contribution is -2.27. The molecule has 0 amide bonds. The topological polar surface area (TPSA) is 72.6 Å². The number of anilines is 2. The van der Waals surface area contributed by atoms with Gasteiger partial charge in [0, 0.05) is 7.05 Å². The Morgan fingerprint density at radius 1 is 1.14 bits per heavy atom. The minimum absolute atomic E-state index is 0.263. The van der Waals surface area contributed by atoms with Crippen LogP contribution >= 0.6 is 0 Å². The molecule has 21 heavy (non-hydrogen) atoms. The number of benzene rings is 2. The molecular formula is C14H15FN2O3S. The van der Waals surface area contributed by atoms with Gasteiger partial charge < -0.3 is 10.5 Å². The molecule has 0 saturated heterocycles. The van der Waals surface area contributed by atoms with Crippen LogP contribution in [-0.2, 0) is 10.0 Å². The number of nitrogen functional groups attached to an aromatic ring is 1. The van der Waals surface area contributed by atoms with E-state index < -0.39 is 21.5 Å². The number of nitrogens with two attached hydrogens (primary N) is 1. The lowest BCUT2D eigenvalue weighted by Gasteiger charge is -2.20. The second-order valence-corrected chi connectivity index (χ2v) is 6.26. The first-order valence-corrected chi connectivity index (χ1v) is 7.49. The predicted octanol–water partition coefficient (Wildman–Crippen LogP) is 2.24. The van der Waals surface area contributed by atoms with Crippen molar-refractivity contribution in [3.8, 4) is 5.75 Å². The largest absolute Gasteiger partial charge is 0.497 e. The van der Waals surface area contributed by atoms with Crippen LogP contribution < -0.4 is 14.8 Å². The Labute approximate surface area is 122 Å². The molecule has 0 atom stereocenters. The molecule has 0 unspecified atom stereocenters. The Morgan fingerprint density at radius 3 is 2.33 bits per heavy atom. The highest BCUT2D eigenvalue weighted by Crippen LogP contribution is 2.28. The molecule has 0 aliphatic carbocycles. The number of ether oxygens (including phenoxy) is 1. The van der Waals surface area contributed by atoms with Gasteiger partial charge in [-0.2, -0.15) is 0 Å². The van der Waals surface area contributed by atoms with Crippen LogP contribution in [0.5, 0.6) is 5.75 Å². The summed E-state index contributed by atoms with van der Waals surface area (Å²) in [4.78, 5) is -0.263. The number of hydrogen-bond donors (Lipinski definition) is 1. The van der Waals surface area contributed by atoms with E-state index in [0.29, 0.717) is 11.4 Å². The molecule has 2 rings (SSSR count). The molecule has 0 radical (unpaired) electrons. The number of para-hydroxylation sites is 1. The molecular weight excluding hydrogens is 295 g/mol. The Morgan fingerprint density at radius 2 is 1.76 bits per heavy atom. The SMILES string of the molecule is COc1ccc(N(C)S(=O)(=O)c2cccc(F)c2N)cc1. The summed E-state index contributed by atoms with van der Waals surface area (Å²) < 4.78 is 44.5. The number of halogens is 1. The van der Waals surface area contributed by atoms with Crippen LogP contribution in [0, 0.1) is 5.82 Å². The number of nitrogens with zero attached hydrogens (tertiary/aromatic N) is 1.